The Hall–Kier alpha value is -2.86. The number of allylic oxidation sites excluding steroid dienone is 1. The van der Waals surface area contributed by atoms with E-state index in [1.807, 2.05) is 25.1 Å². The zero-order chi connectivity index (χ0) is 18.5. The van der Waals surface area contributed by atoms with Crippen LogP contribution in [0, 0.1) is 0 Å². The Kier molecular flexibility index (Phi) is 5.53. The molecule has 0 radical (unpaired) electrons. The van der Waals surface area contributed by atoms with E-state index >= 15 is 0 Å². The summed E-state index contributed by atoms with van der Waals surface area (Å²) in [6.07, 6.45) is 8.31. The summed E-state index contributed by atoms with van der Waals surface area (Å²) in [4.78, 5) is 12.4. The number of benzene rings is 1. The molecule has 0 fully saturated rings. The van der Waals surface area contributed by atoms with Crippen LogP contribution < -0.4 is 4.74 Å². The van der Waals surface area contributed by atoms with Crippen molar-refractivity contribution in [1.82, 2.24) is 19.6 Å². The van der Waals surface area contributed by atoms with Gasteiger partial charge in [0.15, 0.2) is 0 Å². The highest BCUT2D eigenvalue weighted by molar-refractivity contribution is 6.30. The molecule has 0 saturated carbocycles. The van der Waals surface area contributed by atoms with E-state index in [4.69, 9.17) is 16.3 Å². The molecule has 0 atom stereocenters. The summed E-state index contributed by atoms with van der Waals surface area (Å²) in [6.45, 7) is 3.12. The van der Waals surface area contributed by atoms with E-state index < -0.39 is 0 Å². The first-order valence-electron chi connectivity index (χ1n) is 8.19. The fourth-order valence-electron chi connectivity index (χ4n) is 2.68. The Bertz CT molecular complexity index is 943. The van der Waals surface area contributed by atoms with Crippen LogP contribution in [0.5, 0.6) is 5.75 Å². The quantitative estimate of drug-likeness (QED) is 0.470. The molecule has 3 aromatic rings. The number of nitrogens with zero attached hydrogens (tertiary/aromatic N) is 4. The number of ketones is 1. The minimum absolute atomic E-state index is 0.0828. The molecule has 0 aliphatic heterocycles. The lowest BCUT2D eigenvalue weighted by Crippen LogP contribution is -2.07. The van der Waals surface area contributed by atoms with E-state index in [1.165, 1.54) is 0 Å². The van der Waals surface area contributed by atoms with Gasteiger partial charge in [-0.2, -0.15) is 10.2 Å². The van der Waals surface area contributed by atoms with Crippen LogP contribution in [0.1, 0.15) is 28.5 Å². The summed E-state index contributed by atoms with van der Waals surface area (Å²) in [5.41, 5.74) is 2.42. The largest absolute Gasteiger partial charge is 0.496 e. The van der Waals surface area contributed by atoms with E-state index in [9.17, 15) is 4.79 Å². The third-order valence-electron chi connectivity index (χ3n) is 3.93. The normalized spacial score (nSPS) is 11.2. The molecule has 7 heteroatoms. The minimum Gasteiger partial charge on any atom is -0.496 e. The Morgan fingerprint density at radius 1 is 1.31 bits per heavy atom. The number of ether oxygens (including phenoxy) is 1. The lowest BCUT2D eigenvalue weighted by atomic mass is 10.1. The van der Waals surface area contributed by atoms with Gasteiger partial charge in [-0.1, -0.05) is 23.7 Å². The molecule has 0 bridgehead atoms. The summed E-state index contributed by atoms with van der Waals surface area (Å²) in [5, 5.41) is 8.89. The average molecular weight is 371 g/mol. The zero-order valence-electron chi connectivity index (χ0n) is 14.6. The van der Waals surface area contributed by atoms with Gasteiger partial charge in [0.05, 0.1) is 24.9 Å². The summed E-state index contributed by atoms with van der Waals surface area (Å²) in [7, 11) is 1.62. The van der Waals surface area contributed by atoms with Gasteiger partial charge < -0.3 is 4.74 Å². The second-order valence-electron chi connectivity index (χ2n) is 5.66. The molecule has 26 heavy (non-hydrogen) atoms. The highest BCUT2D eigenvalue weighted by Gasteiger charge is 2.09. The molecular weight excluding hydrogens is 352 g/mol. The Morgan fingerprint density at radius 2 is 2.15 bits per heavy atom. The van der Waals surface area contributed by atoms with Crippen LogP contribution in [-0.4, -0.2) is 32.5 Å². The van der Waals surface area contributed by atoms with Crippen molar-refractivity contribution in [3.8, 4) is 5.75 Å². The average Bonchev–Trinajstić information content (AvgIpc) is 3.28. The Labute approximate surface area is 156 Å². The second kappa shape index (κ2) is 8.01. The number of carbonyl (C=O) groups is 1. The number of halogens is 1. The third-order valence-corrected chi connectivity index (χ3v) is 4.13. The van der Waals surface area contributed by atoms with Gasteiger partial charge in [0, 0.05) is 24.5 Å². The van der Waals surface area contributed by atoms with E-state index in [0.29, 0.717) is 23.8 Å². The maximum Gasteiger partial charge on any atom is 0.203 e. The van der Waals surface area contributed by atoms with Gasteiger partial charge in [-0.25, -0.2) is 0 Å². The fourth-order valence-corrected chi connectivity index (χ4v) is 2.83. The first-order valence-corrected chi connectivity index (χ1v) is 8.57. The van der Waals surface area contributed by atoms with E-state index in [2.05, 4.69) is 10.2 Å². The van der Waals surface area contributed by atoms with Crippen LogP contribution in [0.2, 0.25) is 5.02 Å². The first kappa shape index (κ1) is 17.9. The summed E-state index contributed by atoms with van der Waals surface area (Å²) >= 11 is 5.92. The lowest BCUT2D eigenvalue weighted by Gasteiger charge is -2.09. The first-order chi connectivity index (χ1) is 12.6. The van der Waals surface area contributed by atoms with Gasteiger partial charge in [0.2, 0.25) is 5.78 Å². The van der Waals surface area contributed by atoms with Gasteiger partial charge in [-0.3, -0.25) is 14.2 Å². The molecule has 2 heterocycles. The van der Waals surface area contributed by atoms with Gasteiger partial charge in [-0.15, -0.1) is 0 Å². The summed E-state index contributed by atoms with van der Waals surface area (Å²) in [5.74, 6) is 0.671. The van der Waals surface area contributed by atoms with Crippen LogP contribution in [0.4, 0.5) is 0 Å². The number of aryl methyl sites for hydroxylation is 1. The number of methoxy groups -OCH3 is 1. The van der Waals surface area contributed by atoms with Crippen molar-refractivity contribution < 1.29 is 9.53 Å². The van der Waals surface area contributed by atoms with Gasteiger partial charge in [0.25, 0.3) is 0 Å². The highest BCUT2D eigenvalue weighted by Crippen LogP contribution is 2.22. The van der Waals surface area contributed by atoms with Crippen molar-refractivity contribution >= 4 is 23.5 Å². The number of rotatable bonds is 7. The van der Waals surface area contributed by atoms with Crippen molar-refractivity contribution in [1.29, 1.82) is 0 Å². The second-order valence-corrected chi connectivity index (χ2v) is 6.09. The monoisotopic (exact) mass is 370 g/mol. The van der Waals surface area contributed by atoms with Crippen molar-refractivity contribution in [2.75, 3.05) is 7.11 Å². The van der Waals surface area contributed by atoms with Crippen molar-refractivity contribution in [3.63, 3.8) is 0 Å². The maximum atomic E-state index is 12.4. The lowest BCUT2D eigenvalue weighted by molar-refractivity contribution is 0.103. The highest BCUT2D eigenvalue weighted by atomic mass is 35.5. The fraction of sp³-hybridized carbons (Fsp3) is 0.211. The van der Waals surface area contributed by atoms with E-state index in [-0.39, 0.29) is 5.78 Å². The topological polar surface area (TPSA) is 61.9 Å². The molecule has 0 amide bonds. The van der Waals surface area contributed by atoms with Crippen molar-refractivity contribution in [3.05, 3.63) is 70.8 Å². The molecule has 2 aromatic heterocycles. The number of hydrogen-bond donors (Lipinski definition) is 0. The molecule has 0 unspecified atom stereocenters. The predicted molar refractivity (Wildman–Crippen MR) is 101 cm³/mol. The number of aromatic nitrogens is 4. The molecule has 6 nitrogen and oxygen atoms in total. The smallest absolute Gasteiger partial charge is 0.203 e. The van der Waals surface area contributed by atoms with Gasteiger partial charge in [-0.05, 0) is 36.8 Å². The molecule has 134 valence electrons. The molecule has 0 aliphatic rings. The predicted octanol–water partition coefficient (Wildman–Crippen LogP) is 3.71. The van der Waals surface area contributed by atoms with Crippen LogP contribution in [0.25, 0.3) is 6.08 Å². The molecular formula is C19H19ClN4O2. The van der Waals surface area contributed by atoms with Crippen LogP contribution in [0.15, 0.2) is 48.9 Å². The Morgan fingerprint density at radius 3 is 2.85 bits per heavy atom. The standard InChI is InChI=1S/C19H19ClN4O2/c1-3-24-17(8-9-21-24)18(25)6-4-14-5-7-19(26-2)15(10-14)12-23-13-16(20)11-22-23/h4-11,13H,3,12H2,1-2H3/b6-4+. The summed E-state index contributed by atoms with van der Waals surface area (Å²) in [6, 6.07) is 7.46. The van der Waals surface area contributed by atoms with E-state index in [1.54, 1.807) is 53.3 Å². The van der Waals surface area contributed by atoms with E-state index in [0.717, 1.165) is 16.9 Å². The van der Waals surface area contributed by atoms with Crippen LogP contribution in [-0.2, 0) is 13.1 Å². The van der Waals surface area contributed by atoms with Gasteiger partial charge in [0.1, 0.15) is 11.4 Å². The molecule has 0 N–H and O–H groups in total. The summed E-state index contributed by atoms with van der Waals surface area (Å²) < 4.78 is 8.83. The molecule has 0 saturated heterocycles. The van der Waals surface area contributed by atoms with Crippen LogP contribution in [0.3, 0.4) is 0 Å². The maximum absolute atomic E-state index is 12.4. The number of hydrogen-bond acceptors (Lipinski definition) is 4. The molecule has 3 rings (SSSR count). The van der Waals surface area contributed by atoms with Crippen molar-refractivity contribution in [2.45, 2.75) is 20.0 Å². The Balaban J connectivity index is 1.81. The third kappa shape index (κ3) is 4.03. The molecule has 0 aliphatic carbocycles. The zero-order valence-corrected chi connectivity index (χ0v) is 15.3. The van der Waals surface area contributed by atoms with Crippen LogP contribution >= 0.6 is 11.6 Å². The SMILES string of the molecule is CCn1nccc1C(=O)/C=C/c1ccc(OC)c(Cn2cc(Cl)cn2)c1. The van der Waals surface area contributed by atoms with Crippen molar-refractivity contribution in [2.24, 2.45) is 0 Å². The van der Waals surface area contributed by atoms with Gasteiger partial charge >= 0.3 is 0 Å². The molecule has 0 spiro atoms. The minimum atomic E-state index is -0.0828. The number of carbonyl (C=O) groups excluding carboxylic acids is 1. The molecule has 1 aromatic carbocycles.